The van der Waals surface area contributed by atoms with Crippen molar-refractivity contribution in [1.82, 2.24) is 9.88 Å². The highest BCUT2D eigenvalue weighted by molar-refractivity contribution is 5.87. The molecule has 3 heterocycles. The van der Waals surface area contributed by atoms with Crippen LogP contribution in [0.1, 0.15) is 50.5 Å². The molecule has 1 aromatic carbocycles. The average molecular weight is 448 g/mol. The first-order chi connectivity index (χ1) is 15.3. The molecule has 5 nitrogen and oxygen atoms in total. The second-order valence-electron chi connectivity index (χ2n) is 9.56. The summed E-state index contributed by atoms with van der Waals surface area (Å²) in [6.07, 6.45) is 0.542. The lowest BCUT2D eigenvalue weighted by Crippen LogP contribution is -2.50. The number of hydrogen-bond acceptors (Lipinski definition) is 4. The number of nitrogens with zero attached hydrogens (tertiary/aromatic N) is 3. The summed E-state index contributed by atoms with van der Waals surface area (Å²) in [5.41, 5.74) is -0.921. The largest absolute Gasteiger partial charge is 0.417 e. The van der Waals surface area contributed by atoms with Crippen LogP contribution in [0.25, 0.3) is 10.9 Å². The molecule has 1 amide bonds. The number of para-hydroxylation sites is 1. The van der Waals surface area contributed by atoms with Gasteiger partial charge >= 0.3 is 6.18 Å². The number of aliphatic hydroxyl groups excluding tert-OH is 1. The number of pyridine rings is 1. The quantitative estimate of drug-likeness (QED) is 0.743. The van der Waals surface area contributed by atoms with Crippen LogP contribution in [0.15, 0.2) is 30.3 Å². The predicted octanol–water partition coefficient (Wildman–Crippen LogP) is 4.38. The molecule has 2 aliphatic heterocycles. The van der Waals surface area contributed by atoms with E-state index in [1.54, 1.807) is 18.2 Å². The maximum absolute atomic E-state index is 13.8. The molecular weight excluding hydrogens is 419 g/mol. The fraction of sp³-hybridized carbons (Fsp3) is 0.583. The van der Waals surface area contributed by atoms with Gasteiger partial charge in [-0.05, 0) is 57.1 Å². The molecule has 1 unspecified atom stereocenters. The minimum absolute atomic E-state index is 0.0954. The van der Waals surface area contributed by atoms with Crippen LogP contribution >= 0.6 is 0 Å². The van der Waals surface area contributed by atoms with E-state index >= 15 is 0 Å². The number of carbonyl (C=O) groups is 1. The number of amides is 1. The molecule has 0 bridgehead atoms. The smallest absolute Gasteiger partial charge is 0.393 e. The van der Waals surface area contributed by atoms with Crippen LogP contribution in [0.3, 0.4) is 0 Å². The number of anilines is 1. The number of fused-ring (bicyclic) bond motifs is 1. The summed E-state index contributed by atoms with van der Waals surface area (Å²) >= 11 is 0. The molecule has 1 spiro atoms. The van der Waals surface area contributed by atoms with Crippen molar-refractivity contribution in [2.24, 2.45) is 5.41 Å². The second kappa shape index (κ2) is 7.90. The van der Waals surface area contributed by atoms with Gasteiger partial charge in [0.25, 0.3) is 0 Å². The molecule has 0 radical (unpaired) electrons. The van der Waals surface area contributed by atoms with Crippen LogP contribution in [0.5, 0.6) is 0 Å². The zero-order chi connectivity index (χ0) is 22.5. The summed E-state index contributed by atoms with van der Waals surface area (Å²) in [5, 5.41) is 9.89. The topological polar surface area (TPSA) is 56.7 Å². The number of aromatic nitrogens is 1. The van der Waals surface area contributed by atoms with Gasteiger partial charge in [0.15, 0.2) is 0 Å². The third-order valence-electron chi connectivity index (χ3n) is 7.56. The van der Waals surface area contributed by atoms with Crippen LogP contribution < -0.4 is 4.90 Å². The lowest BCUT2D eigenvalue weighted by molar-refractivity contribution is -0.139. The lowest BCUT2D eigenvalue weighted by Gasteiger charge is -2.41. The number of benzene rings is 1. The molecular formula is C24H28F3N3O2. The Bertz CT molecular complexity index is 1020. The van der Waals surface area contributed by atoms with Crippen LogP contribution in [0, 0.1) is 5.41 Å². The third kappa shape index (κ3) is 3.72. The number of piperidine rings is 1. The number of halogens is 3. The van der Waals surface area contributed by atoms with Crippen molar-refractivity contribution in [3.63, 3.8) is 0 Å². The van der Waals surface area contributed by atoms with E-state index in [9.17, 15) is 23.1 Å². The van der Waals surface area contributed by atoms with E-state index in [1.165, 1.54) is 6.07 Å². The molecule has 172 valence electrons. The Morgan fingerprint density at radius 1 is 1.06 bits per heavy atom. The minimum Gasteiger partial charge on any atom is -0.393 e. The van der Waals surface area contributed by atoms with Crippen molar-refractivity contribution >= 4 is 22.6 Å². The Hall–Kier alpha value is -2.35. The van der Waals surface area contributed by atoms with Crippen LogP contribution in [-0.2, 0) is 11.0 Å². The van der Waals surface area contributed by atoms with E-state index in [-0.39, 0.29) is 23.4 Å². The van der Waals surface area contributed by atoms with E-state index in [0.29, 0.717) is 31.0 Å². The number of rotatable bonds is 2. The van der Waals surface area contributed by atoms with E-state index in [4.69, 9.17) is 0 Å². The van der Waals surface area contributed by atoms with Gasteiger partial charge in [0, 0.05) is 31.1 Å². The summed E-state index contributed by atoms with van der Waals surface area (Å²) in [4.78, 5) is 21.9. The maximum Gasteiger partial charge on any atom is 0.417 e. The molecule has 2 saturated heterocycles. The highest BCUT2D eigenvalue weighted by Gasteiger charge is 2.51. The fourth-order valence-corrected chi connectivity index (χ4v) is 5.83. The van der Waals surface area contributed by atoms with Crippen molar-refractivity contribution < 1.29 is 23.1 Å². The van der Waals surface area contributed by atoms with E-state index in [1.807, 2.05) is 9.80 Å². The van der Waals surface area contributed by atoms with E-state index in [2.05, 4.69) is 4.98 Å². The van der Waals surface area contributed by atoms with Crippen molar-refractivity contribution in [3.8, 4) is 0 Å². The Morgan fingerprint density at radius 2 is 1.81 bits per heavy atom. The number of hydrogen-bond donors (Lipinski definition) is 1. The molecule has 1 N–H and O–H groups in total. The number of likely N-dealkylation sites (tertiary alicyclic amines) is 1. The van der Waals surface area contributed by atoms with Crippen LogP contribution in [0.4, 0.5) is 19.0 Å². The Balaban J connectivity index is 1.42. The molecule has 8 heteroatoms. The first kappa shape index (κ1) is 21.5. The normalized spacial score (nSPS) is 29.3. The molecule has 5 rings (SSSR count). The van der Waals surface area contributed by atoms with Gasteiger partial charge in [-0.25, -0.2) is 4.98 Å². The fourth-order valence-electron chi connectivity index (χ4n) is 5.83. The highest BCUT2D eigenvalue weighted by Crippen LogP contribution is 2.44. The lowest BCUT2D eigenvalue weighted by atomic mass is 9.78. The van der Waals surface area contributed by atoms with E-state index in [0.717, 1.165) is 51.0 Å². The summed E-state index contributed by atoms with van der Waals surface area (Å²) in [6, 6.07) is 7.64. The predicted molar refractivity (Wildman–Crippen MR) is 115 cm³/mol. The molecule has 1 atom stereocenters. The SMILES string of the molecule is O=C1N(C2CCC(O)CC2)CCC12CCCN(c1cc(C(F)(F)F)c3ccccc3n1)C2. The van der Waals surface area contributed by atoms with Crippen LogP contribution in [0.2, 0.25) is 0 Å². The van der Waals surface area contributed by atoms with Gasteiger partial charge in [-0.1, -0.05) is 18.2 Å². The molecule has 3 fully saturated rings. The Morgan fingerprint density at radius 3 is 2.56 bits per heavy atom. The van der Waals surface area contributed by atoms with Gasteiger partial charge in [-0.15, -0.1) is 0 Å². The minimum atomic E-state index is -4.48. The molecule has 1 aromatic heterocycles. The first-order valence-corrected chi connectivity index (χ1v) is 11.5. The number of aliphatic hydroxyl groups is 1. The second-order valence-corrected chi connectivity index (χ2v) is 9.56. The van der Waals surface area contributed by atoms with Crippen molar-refractivity contribution in [1.29, 1.82) is 0 Å². The van der Waals surface area contributed by atoms with Gasteiger partial charge in [0.2, 0.25) is 5.91 Å². The molecule has 2 aromatic rings. The van der Waals surface area contributed by atoms with Crippen LogP contribution in [-0.4, -0.2) is 52.7 Å². The summed E-state index contributed by atoms with van der Waals surface area (Å²) < 4.78 is 41.3. The Labute approximate surface area is 185 Å². The highest BCUT2D eigenvalue weighted by atomic mass is 19.4. The van der Waals surface area contributed by atoms with Gasteiger partial charge in [0.1, 0.15) is 5.82 Å². The van der Waals surface area contributed by atoms with E-state index < -0.39 is 17.2 Å². The summed E-state index contributed by atoms with van der Waals surface area (Å²) in [5.74, 6) is 0.419. The summed E-state index contributed by atoms with van der Waals surface area (Å²) in [6.45, 7) is 1.68. The first-order valence-electron chi connectivity index (χ1n) is 11.5. The molecule has 32 heavy (non-hydrogen) atoms. The zero-order valence-electron chi connectivity index (χ0n) is 17.9. The standard InChI is InChI=1S/C24H28F3N3O2/c25-24(26,27)19-14-21(28-20-5-2-1-4-18(19)20)29-12-3-10-23(15-29)11-13-30(22(23)32)16-6-8-17(31)9-7-16/h1-2,4-5,14,16-17,31H,3,6-13,15H2. The maximum atomic E-state index is 13.8. The van der Waals surface area contributed by atoms with Crippen molar-refractivity contribution in [2.75, 3.05) is 24.5 Å². The van der Waals surface area contributed by atoms with Gasteiger partial charge in [-0.3, -0.25) is 4.79 Å². The van der Waals surface area contributed by atoms with Crippen molar-refractivity contribution in [3.05, 3.63) is 35.9 Å². The van der Waals surface area contributed by atoms with Crippen molar-refractivity contribution in [2.45, 2.75) is 63.3 Å². The number of alkyl halides is 3. The third-order valence-corrected chi connectivity index (χ3v) is 7.56. The van der Waals surface area contributed by atoms with Gasteiger partial charge in [-0.2, -0.15) is 13.2 Å². The number of carbonyl (C=O) groups excluding carboxylic acids is 1. The molecule has 3 aliphatic rings. The molecule has 1 aliphatic carbocycles. The Kier molecular flexibility index (Phi) is 5.31. The van der Waals surface area contributed by atoms with Gasteiger partial charge < -0.3 is 14.9 Å². The van der Waals surface area contributed by atoms with Gasteiger partial charge in [0.05, 0.1) is 22.6 Å². The zero-order valence-corrected chi connectivity index (χ0v) is 17.9. The molecule has 1 saturated carbocycles. The monoisotopic (exact) mass is 447 g/mol. The average Bonchev–Trinajstić information content (AvgIpc) is 3.08. The summed E-state index contributed by atoms with van der Waals surface area (Å²) in [7, 11) is 0.